The fraction of sp³-hybridized carbons (Fsp3) is 0.500. The lowest BCUT2D eigenvalue weighted by molar-refractivity contribution is -0.0897. The van der Waals surface area contributed by atoms with Crippen molar-refractivity contribution in [2.75, 3.05) is 5.32 Å². The molecule has 28 heavy (non-hydrogen) atoms. The Hall–Kier alpha value is -1.78. The van der Waals surface area contributed by atoms with E-state index in [0.29, 0.717) is 12.0 Å². The first-order valence-corrected chi connectivity index (χ1v) is 10.5. The van der Waals surface area contributed by atoms with Crippen molar-refractivity contribution in [3.8, 4) is 0 Å². The van der Waals surface area contributed by atoms with Gasteiger partial charge in [-0.2, -0.15) is 0 Å². The van der Waals surface area contributed by atoms with E-state index < -0.39 is 11.2 Å². The van der Waals surface area contributed by atoms with Gasteiger partial charge in [-0.15, -0.1) is 0 Å². The first-order valence-electron chi connectivity index (χ1n) is 10.5. The van der Waals surface area contributed by atoms with Crippen molar-refractivity contribution in [1.82, 2.24) is 0 Å². The van der Waals surface area contributed by atoms with Crippen LogP contribution in [0.2, 0.25) is 0 Å². The third-order valence-electron chi connectivity index (χ3n) is 6.69. The van der Waals surface area contributed by atoms with Crippen LogP contribution in [-0.2, 0) is 4.65 Å². The minimum absolute atomic E-state index is 0.378. The van der Waals surface area contributed by atoms with Crippen molar-refractivity contribution in [2.24, 2.45) is 0 Å². The minimum atomic E-state index is -0.903. The summed E-state index contributed by atoms with van der Waals surface area (Å²) < 4.78 is 6.01. The van der Waals surface area contributed by atoms with Crippen molar-refractivity contribution in [2.45, 2.75) is 76.5 Å². The van der Waals surface area contributed by atoms with Gasteiger partial charge in [0.25, 0.3) is 0 Å². The number of rotatable bonds is 5. The minimum Gasteiger partial charge on any atom is -0.427 e. The molecule has 3 aliphatic rings. The first-order chi connectivity index (χ1) is 13.2. The Morgan fingerprint density at radius 3 is 2.71 bits per heavy atom. The van der Waals surface area contributed by atoms with E-state index >= 15 is 0 Å². The zero-order chi connectivity index (χ0) is 19.9. The standard InChI is InChI=1S/C24H31BNO2/c1-23(2,27)24(3,4)28-25-18-11-13-22-20(15-18)19-14-17(10-12-21(19)26-22)16-8-6-5-7-9-16/h5-6,8,10,12,14-15,20,22,26-27H,7,9,11,13H2,1-4H3. The van der Waals surface area contributed by atoms with Gasteiger partial charge in [-0.1, -0.05) is 35.8 Å². The van der Waals surface area contributed by atoms with E-state index in [0.717, 1.165) is 25.7 Å². The summed E-state index contributed by atoms with van der Waals surface area (Å²) >= 11 is 0. The van der Waals surface area contributed by atoms with Crippen molar-refractivity contribution in [3.05, 3.63) is 59.1 Å². The Labute approximate surface area is 169 Å². The monoisotopic (exact) mass is 376 g/mol. The summed E-state index contributed by atoms with van der Waals surface area (Å²) in [7, 11) is 1.87. The third-order valence-corrected chi connectivity index (χ3v) is 6.69. The van der Waals surface area contributed by atoms with Crippen LogP contribution in [0.15, 0.2) is 48.0 Å². The number of hydrogen-bond acceptors (Lipinski definition) is 3. The predicted molar refractivity (Wildman–Crippen MR) is 117 cm³/mol. The Kier molecular flexibility index (Phi) is 5.05. The second-order valence-corrected chi connectivity index (χ2v) is 9.32. The topological polar surface area (TPSA) is 41.5 Å². The summed E-state index contributed by atoms with van der Waals surface area (Å²) in [5.41, 5.74) is 5.11. The molecule has 3 nitrogen and oxygen atoms in total. The van der Waals surface area contributed by atoms with E-state index in [9.17, 15) is 5.11 Å². The van der Waals surface area contributed by atoms with E-state index in [-0.39, 0.29) is 0 Å². The summed E-state index contributed by atoms with van der Waals surface area (Å²) in [6, 6.07) is 7.33. The Bertz CT molecular complexity index is 845. The lowest BCUT2D eigenvalue weighted by atomic mass is 9.72. The summed E-state index contributed by atoms with van der Waals surface area (Å²) in [4.78, 5) is 0. The Morgan fingerprint density at radius 1 is 1.18 bits per heavy atom. The molecule has 0 spiro atoms. The molecule has 4 rings (SSSR count). The number of nitrogens with one attached hydrogen (secondary N) is 1. The second kappa shape index (κ2) is 7.24. The molecule has 147 valence electrons. The molecular formula is C24H31BNO2. The smallest absolute Gasteiger partial charge is 0.326 e. The molecule has 1 aliphatic heterocycles. The first kappa shape index (κ1) is 19.5. The van der Waals surface area contributed by atoms with Crippen LogP contribution in [0.3, 0.4) is 0 Å². The Balaban J connectivity index is 1.54. The fourth-order valence-electron chi connectivity index (χ4n) is 4.08. The molecule has 0 amide bonds. The zero-order valence-corrected chi connectivity index (χ0v) is 17.5. The summed E-state index contributed by atoms with van der Waals surface area (Å²) in [6.07, 6.45) is 13.3. The molecule has 2 N–H and O–H groups in total. The lowest BCUT2D eigenvalue weighted by Gasteiger charge is -2.38. The summed E-state index contributed by atoms with van der Waals surface area (Å²) in [5.74, 6) is 0.378. The molecule has 1 heterocycles. The molecule has 2 aliphatic carbocycles. The van der Waals surface area contributed by atoms with Gasteiger partial charge >= 0.3 is 7.48 Å². The maximum absolute atomic E-state index is 10.3. The van der Waals surface area contributed by atoms with Gasteiger partial charge in [0, 0.05) is 17.6 Å². The summed E-state index contributed by atoms with van der Waals surface area (Å²) in [5, 5.41) is 14.0. The van der Waals surface area contributed by atoms with Crippen LogP contribution in [0.5, 0.6) is 0 Å². The molecule has 0 fully saturated rings. The molecule has 0 bridgehead atoms. The molecule has 2 atom stereocenters. The van der Waals surface area contributed by atoms with E-state index in [4.69, 9.17) is 4.65 Å². The fourth-order valence-corrected chi connectivity index (χ4v) is 4.08. The van der Waals surface area contributed by atoms with E-state index in [1.54, 1.807) is 13.8 Å². The molecule has 1 aromatic rings. The number of fused-ring (bicyclic) bond motifs is 3. The van der Waals surface area contributed by atoms with E-state index in [1.807, 2.05) is 21.3 Å². The predicted octanol–water partition coefficient (Wildman–Crippen LogP) is 5.16. The number of benzene rings is 1. The van der Waals surface area contributed by atoms with Crippen LogP contribution >= 0.6 is 0 Å². The highest BCUT2D eigenvalue weighted by Gasteiger charge is 2.38. The largest absolute Gasteiger partial charge is 0.427 e. The van der Waals surface area contributed by atoms with Gasteiger partial charge in [-0.25, -0.2) is 0 Å². The maximum atomic E-state index is 10.3. The van der Waals surface area contributed by atoms with Gasteiger partial charge in [-0.3, -0.25) is 0 Å². The van der Waals surface area contributed by atoms with Gasteiger partial charge in [0.05, 0.1) is 11.2 Å². The van der Waals surface area contributed by atoms with Crippen molar-refractivity contribution in [3.63, 3.8) is 0 Å². The summed E-state index contributed by atoms with van der Waals surface area (Å²) in [6.45, 7) is 7.45. The highest BCUT2D eigenvalue weighted by molar-refractivity contribution is 6.38. The average molecular weight is 376 g/mol. The van der Waals surface area contributed by atoms with Crippen molar-refractivity contribution >= 4 is 18.7 Å². The maximum Gasteiger partial charge on any atom is 0.326 e. The highest BCUT2D eigenvalue weighted by Crippen LogP contribution is 2.44. The number of hydrogen-bond donors (Lipinski definition) is 2. The molecule has 1 radical (unpaired) electrons. The molecule has 1 aromatic carbocycles. The van der Waals surface area contributed by atoms with Crippen LogP contribution in [0, 0.1) is 0 Å². The third kappa shape index (κ3) is 3.73. The van der Waals surface area contributed by atoms with Crippen molar-refractivity contribution < 1.29 is 9.76 Å². The van der Waals surface area contributed by atoms with Crippen molar-refractivity contribution in [1.29, 1.82) is 0 Å². The second-order valence-electron chi connectivity index (χ2n) is 9.32. The van der Waals surface area contributed by atoms with E-state index in [2.05, 4.69) is 47.8 Å². The molecular weight excluding hydrogens is 345 g/mol. The number of anilines is 1. The van der Waals surface area contributed by atoms with Crippen LogP contribution in [0.25, 0.3) is 5.57 Å². The van der Waals surface area contributed by atoms with Crippen LogP contribution in [-0.4, -0.2) is 29.8 Å². The van der Waals surface area contributed by atoms with Crippen LogP contribution < -0.4 is 5.32 Å². The quantitative estimate of drug-likeness (QED) is 0.698. The van der Waals surface area contributed by atoms with Crippen LogP contribution in [0.4, 0.5) is 5.69 Å². The normalized spacial score (nSPS) is 24.0. The molecule has 0 saturated heterocycles. The molecule has 2 unspecified atom stereocenters. The highest BCUT2D eigenvalue weighted by atomic mass is 16.5. The number of aliphatic hydroxyl groups is 1. The molecule has 0 aromatic heterocycles. The lowest BCUT2D eigenvalue weighted by Crippen LogP contribution is -2.48. The average Bonchev–Trinajstić information content (AvgIpc) is 3.03. The van der Waals surface area contributed by atoms with Gasteiger partial charge < -0.3 is 15.1 Å². The van der Waals surface area contributed by atoms with Gasteiger partial charge in [-0.05, 0) is 82.2 Å². The van der Waals surface area contributed by atoms with Crippen LogP contribution in [0.1, 0.15) is 70.4 Å². The van der Waals surface area contributed by atoms with E-state index in [1.165, 1.54) is 27.9 Å². The SMILES string of the molecule is CC(C)(O)C(C)(C)O[B]C1=CC2c3cc(C4=CC=CCC4)ccc3NC2CC1. The van der Waals surface area contributed by atoms with Gasteiger partial charge in [0.2, 0.25) is 0 Å². The molecule has 0 saturated carbocycles. The number of allylic oxidation sites excluding steroid dienone is 5. The van der Waals surface area contributed by atoms with Gasteiger partial charge in [0.1, 0.15) is 0 Å². The van der Waals surface area contributed by atoms with Gasteiger partial charge in [0.15, 0.2) is 0 Å². The zero-order valence-electron chi connectivity index (χ0n) is 17.5. The molecule has 4 heteroatoms. The Morgan fingerprint density at radius 2 is 2.00 bits per heavy atom.